The Morgan fingerprint density at radius 3 is 2.17 bits per heavy atom. The Morgan fingerprint density at radius 1 is 0.828 bits per heavy atom. The fourth-order valence-corrected chi connectivity index (χ4v) is 5.36. The molecule has 0 saturated heterocycles. The number of amides is 2. The van der Waals surface area contributed by atoms with E-state index < -0.39 is 0 Å². The first-order valence-electron chi connectivity index (χ1n) is 10.6. The number of nitrogens with zero attached hydrogens (tertiary/aromatic N) is 1. The van der Waals surface area contributed by atoms with Crippen molar-refractivity contribution in [3.63, 3.8) is 0 Å². The van der Waals surface area contributed by atoms with E-state index in [1.165, 1.54) is 66.5 Å². The Hall–Kier alpha value is -1.85. The van der Waals surface area contributed by atoms with Crippen molar-refractivity contribution in [2.75, 3.05) is 6.54 Å². The lowest BCUT2D eigenvalue weighted by molar-refractivity contribution is -0.136. The quantitative estimate of drug-likeness (QED) is 0.277. The van der Waals surface area contributed by atoms with Crippen LogP contribution in [0.15, 0.2) is 57.6 Å². The molecule has 3 nitrogen and oxygen atoms in total. The predicted octanol–water partition coefficient (Wildman–Crippen LogP) is 6.76. The Kier molecular flexibility index (Phi) is 8.56. The maximum atomic E-state index is 13.1. The molecule has 2 aromatic rings. The lowest BCUT2D eigenvalue weighted by Crippen LogP contribution is -2.32. The highest BCUT2D eigenvalue weighted by atomic mass is 32.2. The molecule has 0 fully saturated rings. The number of unbranched alkanes of at least 4 members (excludes halogenated alkanes) is 7. The number of benzene rings is 1. The fourth-order valence-electron chi connectivity index (χ4n) is 3.50. The third-order valence-corrected chi connectivity index (χ3v) is 7.07. The molecule has 0 N–H and O–H groups in total. The molecule has 0 saturated carbocycles. The number of carbonyl (C=O) groups is 2. The van der Waals surface area contributed by atoms with Crippen LogP contribution in [-0.4, -0.2) is 23.3 Å². The molecule has 1 aliphatic heterocycles. The van der Waals surface area contributed by atoms with Crippen LogP contribution in [0.3, 0.4) is 0 Å². The highest BCUT2D eigenvalue weighted by Crippen LogP contribution is 2.40. The van der Waals surface area contributed by atoms with Crippen molar-refractivity contribution < 1.29 is 9.59 Å². The van der Waals surface area contributed by atoms with Gasteiger partial charge < -0.3 is 0 Å². The van der Waals surface area contributed by atoms with Gasteiger partial charge in [-0.1, -0.05) is 87.9 Å². The van der Waals surface area contributed by atoms with E-state index in [1.54, 1.807) is 0 Å². The summed E-state index contributed by atoms with van der Waals surface area (Å²) in [4.78, 5) is 30.1. The number of thiophene rings is 1. The van der Waals surface area contributed by atoms with E-state index in [2.05, 4.69) is 6.92 Å². The number of hydrogen-bond donors (Lipinski definition) is 0. The molecule has 3 rings (SSSR count). The summed E-state index contributed by atoms with van der Waals surface area (Å²) in [5, 5.41) is 1.95. The molecular formula is C24H29NO2S2. The minimum absolute atomic E-state index is 0.140. The average molecular weight is 428 g/mol. The highest BCUT2D eigenvalue weighted by Gasteiger charge is 2.39. The van der Waals surface area contributed by atoms with Gasteiger partial charge in [0.15, 0.2) is 0 Å². The molecule has 2 heterocycles. The van der Waals surface area contributed by atoms with Gasteiger partial charge in [-0.15, -0.1) is 11.3 Å². The molecule has 29 heavy (non-hydrogen) atoms. The van der Waals surface area contributed by atoms with E-state index in [-0.39, 0.29) is 11.8 Å². The smallest absolute Gasteiger partial charge is 0.268 e. The molecule has 154 valence electrons. The van der Waals surface area contributed by atoms with Gasteiger partial charge in [0.25, 0.3) is 11.8 Å². The molecule has 2 amide bonds. The van der Waals surface area contributed by atoms with Gasteiger partial charge in [-0.3, -0.25) is 14.5 Å². The monoisotopic (exact) mass is 427 g/mol. The van der Waals surface area contributed by atoms with E-state index >= 15 is 0 Å². The third kappa shape index (κ3) is 5.83. The second-order valence-electron chi connectivity index (χ2n) is 7.33. The summed E-state index contributed by atoms with van der Waals surface area (Å²) in [6.07, 6.45) is 9.56. The van der Waals surface area contributed by atoms with E-state index in [0.717, 1.165) is 22.6 Å². The molecule has 0 spiro atoms. The zero-order valence-electron chi connectivity index (χ0n) is 17.1. The van der Waals surface area contributed by atoms with Crippen LogP contribution < -0.4 is 0 Å². The Bertz CT molecular complexity index is 828. The van der Waals surface area contributed by atoms with Gasteiger partial charge in [0.05, 0.1) is 10.5 Å². The summed E-state index contributed by atoms with van der Waals surface area (Å²) in [6.45, 7) is 2.74. The van der Waals surface area contributed by atoms with Gasteiger partial charge in [-0.25, -0.2) is 0 Å². The first-order valence-corrected chi connectivity index (χ1v) is 12.3. The molecule has 0 unspecified atom stereocenters. The summed E-state index contributed by atoms with van der Waals surface area (Å²) in [6, 6.07) is 13.7. The summed E-state index contributed by atoms with van der Waals surface area (Å²) in [5.74, 6) is -0.283. The highest BCUT2D eigenvalue weighted by molar-refractivity contribution is 8.04. The van der Waals surface area contributed by atoms with Gasteiger partial charge in [-0.2, -0.15) is 0 Å². The first kappa shape index (κ1) is 21.8. The zero-order chi connectivity index (χ0) is 20.5. The molecule has 1 aromatic heterocycles. The van der Waals surface area contributed by atoms with Crippen molar-refractivity contribution in [1.29, 1.82) is 0 Å². The second-order valence-corrected chi connectivity index (χ2v) is 9.36. The Balaban J connectivity index is 1.62. The van der Waals surface area contributed by atoms with E-state index in [1.807, 2.05) is 47.8 Å². The maximum absolute atomic E-state index is 13.1. The molecular weight excluding hydrogens is 398 g/mol. The average Bonchev–Trinajstić information content (AvgIpc) is 3.33. The van der Waals surface area contributed by atoms with Gasteiger partial charge in [0, 0.05) is 16.3 Å². The molecule has 1 aliphatic rings. The number of thioether (sulfide) groups is 1. The second kappa shape index (κ2) is 11.4. The molecule has 1 aromatic carbocycles. The minimum atomic E-state index is -0.143. The third-order valence-electron chi connectivity index (χ3n) is 5.09. The van der Waals surface area contributed by atoms with Crippen LogP contribution in [0.5, 0.6) is 0 Å². The van der Waals surface area contributed by atoms with Crippen LogP contribution in [-0.2, 0) is 9.59 Å². The van der Waals surface area contributed by atoms with Gasteiger partial charge >= 0.3 is 0 Å². The predicted molar refractivity (Wildman–Crippen MR) is 123 cm³/mol. The van der Waals surface area contributed by atoms with Crippen molar-refractivity contribution in [3.8, 4) is 0 Å². The van der Waals surface area contributed by atoms with Crippen molar-refractivity contribution in [1.82, 2.24) is 4.90 Å². The molecule has 0 radical (unpaired) electrons. The van der Waals surface area contributed by atoms with E-state index in [9.17, 15) is 9.59 Å². The Morgan fingerprint density at radius 2 is 1.52 bits per heavy atom. The van der Waals surface area contributed by atoms with Crippen LogP contribution in [0.25, 0.3) is 5.57 Å². The number of carbonyl (C=O) groups excluding carboxylic acids is 2. The first-order chi connectivity index (χ1) is 14.2. The van der Waals surface area contributed by atoms with Gasteiger partial charge in [0.1, 0.15) is 0 Å². The zero-order valence-corrected chi connectivity index (χ0v) is 18.7. The minimum Gasteiger partial charge on any atom is -0.274 e. The lowest BCUT2D eigenvalue weighted by Gasteiger charge is -2.14. The normalized spacial score (nSPS) is 14.3. The topological polar surface area (TPSA) is 37.4 Å². The summed E-state index contributed by atoms with van der Waals surface area (Å²) >= 11 is 2.92. The lowest BCUT2D eigenvalue weighted by atomic mass is 10.1. The van der Waals surface area contributed by atoms with Crippen LogP contribution in [0, 0.1) is 0 Å². The van der Waals surface area contributed by atoms with Crippen LogP contribution >= 0.6 is 23.1 Å². The largest absolute Gasteiger partial charge is 0.274 e. The SMILES string of the molecule is CCCCCCCCCCN1C(=O)C(Sc2ccccc2)=C(c2cccs2)C1=O. The summed E-state index contributed by atoms with van der Waals surface area (Å²) in [5.41, 5.74) is 0.568. The van der Waals surface area contributed by atoms with Crippen molar-refractivity contribution >= 4 is 40.5 Å². The van der Waals surface area contributed by atoms with Crippen molar-refractivity contribution in [3.05, 3.63) is 57.6 Å². The van der Waals surface area contributed by atoms with Gasteiger partial charge in [0.2, 0.25) is 0 Å². The van der Waals surface area contributed by atoms with Crippen LogP contribution in [0.2, 0.25) is 0 Å². The summed E-state index contributed by atoms with van der Waals surface area (Å²) in [7, 11) is 0. The molecule has 0 atom stereocenters. The van der Waals surface area contributed by atoms with E-state index in [4.69, 9.17) is 0 Å². The van der Waals surface area contributed by atoms with Crippen molar-refractivity contribution in [2.45, 2.75) is 63.2 Å². The number of rotatable bonds is 12. The summed E-state index contributed by atoms with van der Waals surface area (Å²) < 4.78 is 0. The number of hydrogen-bond acceptors (Lipinski definition) is 4. The van der Waals surface area contributed by atoms with Crippen molar-refractivity contribution in [2.24, 2.45) is 0 Å². The van der Waals surface area contributed by atoms with Gasteiger partial charge in [-0.05, 0) is 30.0 Å². The maximum Gasteiger partial charge on any atom is 0.268 e. The molecule has 5 heteroatoms. The Labute approximate surface area is 182 Å². The van der Waals surface area contributed by atoms with Crippen LogP contribution in [0.4, 0.5) is 0 Å². The standard InChI is InChI=1S/C24H29NO2S2/c1-2-3-4-5-6-7-8-12-17-25-23(26)21(20-16-13-18-28-20)22(24(25)27)29-19-14-10-9-11-15-19/h9-11,13-16,18H,2-8,12,17H2,1H3. The number of imide groups is 1. The fraction of sp³-hybridized carbons (Fsp3) is 0.417. The molecule has 0 bridgehead atoms. The van der Waals surface area contributed by atoms with Crippen LogP contribution in [0.1, 0.15) is 63.2 Å². The van der Waals surface area contributed by atoms with E-state index in [0.29, 0.717) is 17.0 Å². The molecule has 0 aliphatic carbocycles.